The zero-order valence-corrected chi connectivity index (χ0v) is 17.2. The van der Waals surface area contributed by atoms with Crippen LogP contribution in [0, 0.1) is 12.7 Å². The molecule has 154 valence electrons. The Balaban J connectivity index is 1.40. The lowest BCUT2D eigenvalue weighted by molar-refractivity contribution is 0.498. The van der Waals surface area contributed by atoms with Gasteiger partial charge in [-0.05, 0) is 44.5 Å². The van der Waals surface area contributed by atoms with Crippen LogP contribution in [0.2, 0.25) is 0 Å². The topological polar surface area (TPSA) is 81.8 Å². The van der Waals surface area contributed by atoms with Crippen LogP contribution in [0.25, 0.3) is 5.69 Å². The van der Waals surface area contributed by atoms with E-state index >= 15 is 0 Å². The van der Waals surface area contributed by atoms with Crippen molar-refractivity contribution in [3.05, 3.63) is 65.5 Å². The van der Waals surface area contributed by atoms with Crippen molar-refractivity contribution >= 4 is 9.84 Å². The molecule has 1 aliphatic rings. The highest BCUT2D eigenvalue weighted by molar-refractivity contribution is 7.91. The summed E-state index contributed by atoms with van der Waals surface area (Å²) in [6, 6.07) is 6.24. The number of sulfone groups is 1. The molecule has 0 aliphatic carbocycles. The molecule has 0 saturated carbocycles. The molecule has 0 radical (unpaired) electrons. The van der Waals surface area contributed by atoms with Crippen molar-refractivity contribution in [2.75, 3.05) is 11.5 Å². The molecule has 1 fully saturated rings. The predicted molar refractivity (Wildman–Crippen MR) is 108 cm³/mol. The molecule has 1 N–H and O–H groups in total. The van der Waals surface area contributed by atoms with Crippen LogP contribution in [0.3, 0.4) is 0 Å². The number of rotatable bonds is 6. The lowest BCUT2D eigenvalue weighted by Crippen LogP contribution is -2.18. The van der Waals surface area contributed by atoms with Gasteiger partial charge in [-0.25, -0.2) is 17.5 Å². The van der Waals surface area contributed by atoms with Gasteiger partial charge in [0.1, 0.15) is 5.82 Å². The highest BCUT2D eigenvalue weighted by atomic mass is 32.2. The Morgan fingerprint density at radius 2 is 2.00 bits per heavy atom. The van der Waals surface area contributed by atoms with E-state index in [2.05, 4.69) is 22.4 Å². The second-order valence-electron chi connectivity index (χ2n) is 7.56. The number of halogens is 1. The lowest BCUT2D eigenvalue weighted by atomic mass is 10.1. The molecule has 3 heterocycles. The highest BCUT2D eigenvalue weighted by Crippen LogP contribution is 2.24. The summed E-state index contributed by atoms with van der Waals surface area (Å²) in [5.74, 6) is 0.128. The highest BCUT2D eigenvalue weighted by Gasteiger charge is 2.29. The molecule has 9 heteroatoms. The van der Waals surface area contributed by atoms with Crippen LogP contribution >= 0.6 is 0 Å². The fourth-order valence-corrected chi connectivity index (χ4v) is 5.43. The second kappa shape index (κ2) is 7.72. The van der Waals surface area contributed by atoms with Crippen LogP contribution in [-0.4, -0.2) is 39.5 Å². The maximum Gasteiger partial charge on any atom is 0.152 e. The van der Waals surface area contributed by atoms with Gasteiger partial charge in [-0.2, -0.15) is 10.2 Å². The Morgan fingerprint density at radius 1 is 1.24 bits per heavy atom. The van der Waals surface area contributed by atoms with E-state index in [1.165, 1.54) is 12.1 Å². The van der Waals surface area contributed by atoms with Crippen LogP contribution in [0.15, 0.2) is 42.9 Å². The van der Waals surface area contributed by atoms with Crippen LogP contribution in [-0.2, 0) is 16.4 Å². The Labute approximate surface area is 169 Å². The average molecular weight is 418 g/mol. The molecule has 0 bridgehead atoms. The van der Waals surface area contributed by atoms with E-state index in [9.17, 15) is 12.8 Å². The van der Waals surface area contributed by atoms with Crippen LogP contribution in [0.5, 0.6) is 0 Å². The van der Waals surface area contributed by atoms with Gasteiger partial charge in [0.05, 0.1) is 35.6 Å². The molecule has 3 aromatic rings. The van der Waals surface area contributed by atoms with Crippen molar-refractivity contribution in [1.29, 1.82) is 0 Å². The molecule has 7 nitrogen and oxygen atoms in total. The molecule has 2 atom stereocenters. The number of aromatic nitrogens is 4. The van der Waals surface area contributed by atoms with Crippen molar-refractivity contribution in [3.8, 4) is 5.69 Å². The molecule has 1 aromatic carbocycles. The third-order valence-corrected chi connectivity index (χ3v) is 7.19. The van der Waals surface area contributed by atoms with Gasteiger partial charge in [0.15, 0.2) is 9.84 Å². The number of nitrogens with zero attached hydrogens (tertiary/aromatic N) is 4. The summed E-state index contributed by atoms with van der Waals surface area (Å²) in [6.07, 6.45) is 6.14. The summed E-state index contributed by atoms with van der Waals surface area (Å²) in [4.78, 5) is 0. The van der Waals surface area contributed by atoms with Crippen molar-refractivity contribution in [2.24, 2.45) is 0 Å². The maximum atomic E-state index is 13.2. The Hall–Kier alpha value is -2.52. The van der Waals surface area contributed by atoms with Crippen LogP contribution in [0.1, 0.15) is 42.2 Å². The molecular formula is C20H24FN5O2S. The quantitative estimate of drug-likeness (QED) is 0.667. The molecule has 1 saturated heterocycles. The minimum absolute atomic E-state index is 0.0550. The van der Waals surface area contributed by atoms with Gasteiger partial charge in [0, 0.05) is 35.6 Å². The lowest BCUT2D eigenvalue weighted by Gasteiger charge is -2.13. The summed E-state index contributed by atoms with van der Waals surface area (Å²) < 4.78 is 40.1. The molecule has 29 heavy (non-hydrogen) atoms. The number of benzene rings is 1. The van der Waals surface area contributed by atoms with Gasteiger partial charge in [0.2, 0.25) is 0 Å². The minimum atomic E-state index is -2.93. The zero-order chi connectivity index (χ0) is 20.6. The van der Waals surface area contributed by atoms with E-state index in [1.807, 2.05) is 19.3 Å². The summed E-state index contributed by atoms with van der Waals surface area (Å²) >= 11 is 0. The predicted octanol–water partition coefficient (Wildman–Crippen LogP) is 2.73. The minimum Gasteiger partial charge on any atom is -0.306 e. The summed E-state index contributed by atoms with van der Waals surface area (Å²) in [5, 5.41) is 12.3. The Kier molecular flexibility index (Phi) is 5.26. The van der Waals surface area contributed by atoms with Crippen molar-refractivity contribution in [2.45, 2.75) is 38.9 Å². The first-order chi connectivity index (χ1) is 13.8. The molecule has 2 aromatic heterocycles. The fraction of sp³-hybridized carbons (Fsp3) is 0.400. The molecule has 0 amide bonds. The molecule has 0 spiro atoms. The first-order valence-electron chi connectivity index (χ1n) is 9.60. The molecule has 1 aliphatic heterocycles. The van der Waals surface area contributed by atoms with Gasteiger partial charge in [-0.1, -0.05) is 0 Å². The van der Waals surface area contributed by atoms with E-state index in [0.717, 1.165) is 22.5 Å². The summed E-state index contributed by atoms with van der Waals surface area (Å²) in [5.41, 5.74) is 3.87. The zero-order valence-electron chi connectivity index (χ0n) is 16.4. The molecular weight excluding hydrogens is 393 g/mol. The van der Waals surface area contributed by atoms with E-state index in [-0.39, 0.29) is 29.4 Å². The smallest absolute Gasteiger partial charge is 0.152 e. The fourth-order valence-electron chi connectivity index (χ4n) is 3.72. The number of hydrogen-bond donors (Lipinski definition) is 1. The largest absolute Gasteiger partial charge is 0.306 e. The molecule has 4 rings (SSSR count). The summed E-state index contributed by atoms with van der Waals surface area (Å²) in [7, 11) is -2.93. The summed E-state index contributed by atoms with van der Waals surface area (Å²) in [6.45, 7) is 4.66. The van der Waals surface area contributed by atoms with E-state index in [4.69, 9.17) is 0 Å². The SMILES string of the molecule is Cc1c([C@H](C)NCc2cnn([C@H]3CCS(=O)(=O)C3)c2)cnn1-c1ccc(F)cc1. The van der Waals surface area contributed by atoms with E-state index in [0.29, 0.717) is 13.0 Å². The third-order valence-electron chi connectivity index (χ3n) is 5.44. The van der Waals surface area contributed by atoms with Gasteiger partial charge >= 0.3 is 0 Å². The second-order valence-corrected chi connectivity index (χ2v) is 9.79. The number of hydrogen-bond acceptors (Lipinski definition) is 5. The first-order valence-corrected chi connectivity index (χ1v) is 11.4. The first kappa shape index (κ1) is 19.8. The third kappa shape index (κ3) is 4.25. The molecule has 0 unspecified atom stereocenters. The average Bonchev–Trinajstić information content (AvgIpc) is 3.39. The standard InChI is InChI=1S/C20H24FN5O2S/c1-14(20-11-24-26(15(20)2)18-5-3-17(21)4-6-18)22-9-16-10-23-25(12-16)19-7-8-29(27,28)13-19/h3-6,10-12,14,19,22H,7-9,13H2,1-2H3/t14-,19-/m0/s1. The van der Waals surface area contributed by atoms with Crippen molar-refractivity contribution < 1.29 is 12.8 Å². The van der Waals surface area contributed by atoms with E-state index in [1.54, 1.807) is 27.7 Å². The van der Waals surface area contributed by atoms with Gasteiger partial charge < -0.3 is 5.32 Å². The Morgan fingerprint density at radius 3 is 2.69 bits per heavy atom. The van der Waals surface area contributed by atoms with Crippen molar-refractivity contribution in [1.82, 2.24) is 24.9 Å². The van der Waals surface area contributed by atoms with Crippen LogP contribution < -0.4 is 5.32 Å². The normalized spacial score (nSPS) is 19.5. The van der Waals surface area contributed by atoms with Gasteiger partial charge in [-0.3, -0.25) is 4.68 Å². The monoisotopic (exact) mass is 417 g/mol. The Bertz CT molecular complexity index is 1100. The maximum absolute atomic E-state index is 13.2. The van der Waals surface area contributed by atoms with E-state index < -0.39 is 9.84 Å². The number of nitrogens with one attached hydrogen (secondary N) is 1. The van der Waals surface area contributed by atoms with Gasteiger partial charge in [-0.15, -0.1) is 0 Å². The van der Waals surface area contributed by atoms with Gasteiger partial charge in [0.25, 0.3) is 0 Å². The van der Waals surface area contributed by atoms with Crippen molar-refractivity contribution in [3.63, 3.8) is 0 Å². The van der Waals surface area contributed by atoms with Crippen LogP contribution in [0.4, 0.5) is 4.39 Å².